The number of nitrogens with zero attached hydrogens (tertiary/aromatic N) is 3. The highest BCUT2D eigenvalue weighted by Gasteiger charge is 2.13. The molecule has 0 aliphatic heterocycles. The predicted molar refractivity (Wildman–Crippen MR) is 92.6 cm³/mol. The van der Waals surface area contributed by atoms with Crippen LogP contribution < -0.4 is 9.47 Å². The summed E-state index contributed by atoms with van der Waals surface area (Å²) in [5, 5.41) is 8.47. The molecule has 22 heavy (non-hydrogen) atoms. The number of halogens is 1. The Labute approximate surface area is 142 Å². The van der Waals surface area contributed by atoms with E-state index in [1.54, 1.807) is 18.9 Å². The molecule has 3 aromatic rings. The average Bonchev–Trinajstić information content (AvgIpc) is 3.04. The molecule has 0 amide bonds. The third-order valence-electron chi connectivity index (χ3n) is 3.26. The van der Waals surface area contributed by atoms with Crippen molar-refractivity contribution < 1.29 is 9.47 Å². The molecule has 0 aliphatic carbocycles. The van der Waals surface area contributed by atoms with Gasteiger partial charge in [0.1, 0.15) is 22.9 Å². The molecular weight excluding hydrogens is 393 g/mol. The second-order valence-electron chi connectivity index (χ2n) is 4.56. The van der Waals surface area contributed by atoms with Crippen molar-refractivity contribution in [2.75, 3.05) is 14.2 Å². The van der Waals surface area contributed by atoms with Crippen molar-refractivity contribution in [1.82, 2.24) is 15.0 Å². The van der Waals surface area contributed by atoms with E-state index < -0.39 is 0 Å². The summed E-state index contributed by atoms with van der Waals surface area (Å²) in [6, 6.07) is 13.6. The minimum absolute atomic E-state index is 0.744. The standard InChI is InChI=1S/C16H14IN3O2/c1-21-15-8-7-11(17)9-12(15)13-10-20(19-18-13)14-5-3-4-6-16(14)22-2/h3-10H,1-2H3. The molecule has 2 aromatic carbocycles. The molecule has 0 unspecified atom stereocenters. The molecule has 0 bridgehead atoms. The summed E-state index contributed by atoms with van der Waals surface area (Å²) in [6.45, 7) is 0. The number of ether oxygens (including phenoxy) is 2. The quantitative estimate of drug-likeness (QED) is 0.621. The summed E-state index contributed by atoms with van der Waals surface area (Å²) in [7, 11) is 3.29. The van der Waals surface area contributed by atoms with Gasteiger partial charge in [0, 0.05) is 9.13 Å². The smallest absolute Gasteiger partial charge is 0.144 e. The molecule has 0 N–H and O–H groups in total. The van der Waals surface area contributed by atoms with Gasteiger partial charge in [0.25, 0.3) is 0 Å². The van der Waals surface area contributed by atoms with Gasteiger partial charge in [-0.15, -0.1) is 5.10 Å². The maximum Gasteiger partial charge on any atom is 0.144 e. The molecule has 0 radical (unpaired) electrons. The van der Waals surface area contributed by atoms with Crippen LogP contribution in [0.1, 0.15) is 0 Å². The van der Waals surface area contributed by atoms with Crippen LogP contribution in [0.15, 0.2) is 48.7 Å². The molecule has 6 heteroatoms. The SMILES string of the molecule is COc1ccc(I)cc1-c1cn(-c2ccccc2OC)nn1. The highest BCUT2D eigenvalue weighted by Crippen LogP contribution is 2.31. The van der Waals surface area contributed by atoms with Crippen LogP contribution in [0.25, 0.3) is 16.9 Å². The van der Waals surface area contributed by atoms with E-state index in [4.69, 9.17) is 9.47 Å². The number of rotatable bonds is 4. The fourth-order valence-electron chi connectivity index (χ4n) is 2.20. The first-order chi connectivity index (χ1) is 10.7. The number of para-hydroxylation sites is 2. The molecule has 1 heterocycles. The Hall–Kier alpha value is -2.09. The second kappa shape index (κ2) is 6.35. The Morgan fingerprint density at radius 1 is 1.00 bits per heavy atom. The fraction of sp³-hybridized carbons (Fsp3) is 0.125. The molecule has 0 fully saturated rings. The predicted octanol–water partition coefficient (Wildman–Crippen LogP) is 3.56. The number of hydrogen-bond donors (Lipinski definition) is 0. The largest absolute Gasteiger partial charge is 0.496 e. The summed E-state index contributed by atoms with van der Waals surface area (Å²) in [5.41, 5.74) is 2.50. The third kappa shape index (κ3) is 2.78. The molecular formula is C16H14IN3O2. The highest BCUT2D eigenvalue weighted by molar-refractivity contribution is 14.1. The van der Waals surface area contributed by atoms with Gasteiger partial charge in [-0.3, -0.25) is 0 Å². The van der Waals surface area contributed by atoms with Crippen LogP contribution in [0.4, 0.5) is 0 Å². The molecule has 112 valence electrons. The number of hydrogen-bond acceptors (Lipinski definition) is 4. The highest BCUT2D eigenvalue weighted by atomic mass is 127. The maximum absolute atomic E-state index is 5.41. The van der Waals surface area contributed by atoms with Gasteiger partial charge in [0.15, 0.2) is 0 Å². The van der Waals surface area contributed by atoms with Gasteiger partial charge < -0.3 is 9.47 Å². The number of aromatic nitrogens is 3. The van der Waals surface area contributed by atoms with Crippen LogP contribution in [0.2, 0.25) is 0 Å². The van der Waals surface area contributed by atoms with E-state index in [9.17, 15) is 0 Å². The van der Waals surface area contributed by atoms with Crippen molar-refractivity contribution >= 4 is 22.6 Å². The van der Waals surface area contributed by atoms with Gasteiger partial charge in [0.2, 0.25) is 0 Å². The Bertz CT molecular complexity index is 802. The van der Waals surface area contributed by atoms with Crippen molar-refractivity contribution in [2.24, 2.45) is 0 Å². The molecule has 3 rings (SSSR count). The summed E-state index contributed by atoms with van der Waals surface area (Å²) in [5.74, 6) is 1.51. The van der Waals surface area contributed by atoms with Crippen LogP contribution >= 0.6 is 22.6 Å². The lowest BCUT2D eigenvalue weighted by molar-refractivity contribution is 0.411. The van der Waals surface area contributed by atoms with E-state index in [1.807, 2.05) is 48.7 Å². The van der Waals surface area contributed by atoms with E-state index in [1.165, 1.54) is 0 Å². The van der Waals surface area contributed by atoms with Gasteiger partial charge >= 0.3 is 0 Å². The van der Waals surface area contributed by atoms with Crippen molar-refractivity contribution in [3.05, 3.63) is 52.2 Å². The van der Waals surface area contributed by atoms with Crippen molar-refractivity contribution in [3.8, 4) is 28.4 Å². The normalized spacial score (nSPS) is 10.5. The van der Waals surface area contributed by atoms with Crippen molar-refractivity contribution in [3.63, 3.8) is 0 Å². The Morgan fingerprint density at radius 2 is 1.77 bits per heavy atom. The van der Waals surface area contributed by atoms with E-state index in [0.29, 0.717) is 0 Å². The summed E-state index contributed by atoms with van der Waals surface area (Å²) in [6.07, 6.45) is 1.87. The Kier molecular flexibility index (Phi) is 4.28. The van der Waals surface area contributed by atoms with E-state index in [0.717, 1.165) is 32.0 Å². The van der Waals surface area contributed by atoms with Gasteiger partial charge in [-0.1, -0.05) is 17.3 Å². The molecule has 0 aliphatic rings. The van der Waals surface area contributed by atoms with E-state index >= 15 is 0 Å². The van der Waals surface area contributed by atoms with E-state index in [-0.39, 0.29) is 0 Å². The minimum Gasteiger partial charge on any atom is -0.496 e. The van der Waals surface area contributed by atoms with Gasteiger partial charge in [-0.05, 0) is 52.9 Å². The molecule has 5 nitrogen and oxygen atoms in total. The van der Waals surface area contributed by atoms with Gasteiger partial charge in [0.05, 0.1) is 20.4 Å². The van der Waals surface area contributed by atoms with Crippen LogP contribution in [0, 0.1) is 3.57 Å². The first-order valence-corrected chi connectivity index (χ1v) is 7.70. The molecule has 1 aromatic heterocycles. The topological polar surface area (TPSA) is 49.2 Å². The van der Waals surface area contributed by atoms with Crippen LogP contribution in [-0.4, -0.2) is 29.2 Å². The number of benzene rings is 2. The van der Waals surface area contributed by atoms with Gasteiger partial charge in [-0.25, -0.2) is 4.68 Å². The lowest BCUT2D eigenvalue weighted by Gasteiger charge is -2.07. The molecule has 0 spiro atoms. The zero-order valence-corrected chi connectivity index (χ0v) is 14.3. The fourth-order valence-corrected chi connectivity index (χ4v) is 2.70. The summed E-state index contributed by atoms with van der Waals surface area (Å²) >= 11 is 2.26. The lowest BCUT2D eigenvalue weighted by atomic mass is 10.1. The number of methoxy groups -OCH3 is 2. The third-order valence-corrected chi connectivity index (χ3v) is 3.93. The Morgan fingerprint density at radius 3 is 2.55 bits per heavy atom. The van der Waals surface area contributed by atoms with Crippen molar-refractivity contribution in [2.45, 2.75) is 0 Å². The summed E-state index contributed by atoms with van der Waals surface area (Å²) in [4.78, 5) is 0. The van der Waals surface area contributed by atoms with Crippen LogP contribution in [0.5, 0.6) is 11.5 Å². The van der Waals surface area contributed by atoms with Crippen LogP contribution in [0.3, 0.4) is 0 Å². The van der Waals surface area contributed by atoms with E-state index in [2.05, 4.69) is 32.9 Å². The average molecular weight is 407 g/mol. The minimum atomic E-state index is 0.744. The lowest BCUT2D eigenvalue weighted by Crippen LogP contribution is -1.98. The molecule has 0 saturated carbocycles. The molecule has 0 atom stereocenters. The molecule has 0 saturated heterocycles. The Balaban J connectivity index is 2.06. The van der Waals surface area contributed by atoms with Gasteiger partial charge in [-0.2, -0.15) is 0 Å². The zero-order chi connectivity index (χ0) is 15.5. The second-order valence-corrected chi connectivity index (χ2v) is 5.81. The summed E-state index contributed by atoms with van der Waals surface area (Å²) < 4.78 is 13.6. The maximum atomic E-state index is 5.41. The first kappa shape index (κ1) is 14.8. The van der Waals surface area contributed by atoms with Crippen molar-refractivity contribution in [1.29, 1.82) is 0 Å². The first-order valence-electron chi connectivity index (χ1n) is 6.62. The zero-order valence-electron chi connectivity index (χ0n) is 12.2. The van der Waals surface area contributed by atoms with Crippen LogP contribution in [-0.2, 0) is 0 Å². The monoisotopic (exact) mass is 407 g/mol.